The van der Waals surface area contributed by atoms with Crippen molar-refractivity contribution in [3.8, 4) is 0 Å². The molecule has 2 aliphatic rings. The summed E-state index contributed by atoms with van der Waals surface area (Å²) in [6, 6.07) is 0.783. The van der Waals surface area contributed by atoms with Crippen LogP contribution in [0.1, 0.15) is 33.1 Å². The van der Waals surface area contributed by atoms with Crippen molar-refractivity contribution in [2.24, 2.45) is 5.92 Å². The molecule has 0 aliphatic carbocycles. The zero-order valence-corrected chi connectivity index (χ0v) is 12.0. The van der Waals surface area contributed by atoms with Crippen molar-refractivity contribution in [1.82, 2.24) is 15.1 Å². The lowest BCUT2D eigenvalue weighted by atomic mass is 9.93. The molecule has 1 N–H and O–H groups in total. The van der Waals surface area contributed by atoms with Crippen LogP contribution in [0.25, 0.3) is 0 Å². The van der Waals surface area contributed by atoms with E-state index in [0.717, 1.165) is 12.0 Å². The highest BCUT2D eigenvalue weighted by Crippen LogP contribution is 2.26. The van der Waals surface area contributed by atoms with Gasteiger partial charge in [0.1, 0.15) is 0 Å². The number of piperidine rings is 1. The Balaban J connectivity index is 1.76. The van der Waals surface area contributed by atoms with Gasteiger partial charge >= 0.3 is 0 Å². The van der Waals surface area contributed by atoms with Crippen LogP contribution in [0.3, 0.4) is 0 Å². The summed E-state index contributed by atoms with van der Waals surface area (Å²) in [6.45, 7) is 9.72. The van der Waals surface area contributed by atoms with Gasteiger partial charge in [0, 0.05) is 24.7 Å². The summed E-state index contributed by atoms with van der Waals surface area (Å²) < 4.78 is 0. The normalized spacial score (nSPS) is 31.2. The van der Waals surface area contributed by atoms with E-state index >= 15 is 0 Å². The van der Waals surface area contributed by atoms with Gasteiger partial charge in [-0.2, -0.15) is 0 Å². The second kappa shape index (κ2) is 5.25. The maximum absolute atomic E-state index is 3.64. The van der Waals surface area contributed by atoms with Crippen LogP contribution in [0.4, 0.5) is 0 Å². The number of nitrogens with one attached hydrogen (secondary N) is 1. The first-order chi connectivity index (χ1) is 7.96. The molecule has 0 aromatic carbocycles. The van der Waals surface area contributed by atoms with Crippen LogP contribution in [0.2, 0.25) is 0 Å². The molecule has 2 rings (SSSR count). The van der Waals surface area contributed by atoms with Crippen molar-refractivity contribution in [2.45, 2.75) is 44.7 Å². The second-order valence-electron chi connectivity index (χ2n) is 6.86. The van der Waals surface area contributed by atoms with Crippen molar-refractivity contribution < 1.29 is 0 Å². The first-order valence-corrected chi connectivity index (χ1v) is 7.10. The van der Waals surface area contributed by atoms with Crippen molar-refractivity contribution in [2.75, 3.05) is 40.3 Å². The molecule has 3 nitrogen and oxygen atoms in total. The van der Waals surface area contributed by atoms with Crippen molar-refractivity contribution in [3.63, 3.8) is 0 Å². The summed E-state index contributed by atoms with van der Waals surface area (Å²) in [6.07, 6.45) is 4.08. The summed E-state index contributed by atoms with van der Waals surface area (Å²) in [5, 5.41) is 3.64. The lowest BCUT2D eigenvalue weighted by Crippen LogP contribution is -2.43. The monoisotopic (exact) mass is 239 g/mol. The molecule has 2 fully saturated rings. The Morgan fingerprint density at radius 2 is 1.88 bits per heavy atom. The molecule has 0 saturated carbocycles. The molecule has 0 aromatic heterocycles. The van der Waals surface area contributed by atoms with E-state index in [9.17, 15) is 0 Å². The number of rotatable bonds is 3. The fourth-order valence-corrected chi connectivity index (χ4v) is 3.40. The third-order valence-corrected chi connectivity index (χ3v) is 4.35. The minimum atomic E-state index is 0.352. The SMILES string of the molecule is CN(C)CC1CCN(C2CNC(C)(C)C2)CC1. The Hall–Kier alpha value is -0.120. The number of likely N-dealkylation sites (tertiary alicyclic amines) is 1. The van der Waals surface area contributed by atoms with Crippen molar-refractivity contribution >= 4 is 0 Å². The Kier molecular flexibility index (Phi) is 4.11. The molecule has 100 valence electrons. The molecular formula is C14H29N3. The minimum Gasteiger partial charge on any atom is -0.310 e. The maximum Gasteiger partial charge on any atom is 0.0238 e. The van der Waals surface area contributed by atoms with Crippen LogP contribution in [0, 0.1) is 5.92 Å². The fourth-order valence-electron chi connectivity index (χ4n) is 3.40. The highest BCUT2D eigenvalue weighted by Gasteiger charge is 2.35. The molecule has 0 aromatic rings. The van der Waals surface area contributed by atoms with Gasteiger partial charge in [-0.3, -0.25) is 4.90 Å². The summed E-state index contributed by atoms with van der Waals surface area (Å²) in [7, 11) is 4.38. The summed E-state index contributed by atoms with van der Waals surface area (Å²) >= 11 is 0. The standard InChI is InChI=1S/C14H29N3/c1-14(2)9-13(10-15-14)17-7-5-12(6-8-17)11-16(3)4/h12-13,15H,5-11H2,1-4H3. The number of nitrogens with zero attached hydrogens (tertiary/aromatic N) is 2. The van der Waals surface area contributed by atoms with Crippen LogP contribution in [-0.2, 0) is 0 Å². The predicted molar refractivity (Wildman–Crippen MR) is 73.3 cm³/mol. The van der Waals surface area contributed by atoms with Gasteiger partial charge in [-0.1, -0.05) is 0 Å². The lowest BCUT2D eigenvalue weighted by Gasteiger charge is -2.36. The maximum atomic E-state index is 3.64. The van der Waals surface area contributed by atoms with Crippen LogP contribution >= 0.6 is 0 Å². The van der Waals surface area contributed by atoms with E-state index in [1.165, 1.54) is 45.4 Å². The third-order valence-electron chi connectivity index (χ3n) is 4.35. The lowest BCUT2D eigenvalue weighted by molar-refractivity contribution is 0.124. The molecular weight excluding hydrogens is 210 g/mol. The van der Waals surface area contributed by atoms with E-state index in [-0.39, 0.29) is 0 Å². The zero-order valence-electron chi connectivity index (χ0n) is 12.0. The minimum absolute atomic E-state index is 0.352. The molecule has 0 bridgehead atoms. The van der Waals surface area contributed by atoms with Crippen LogP contribution in [0.5, 0.6) is 0 Å². The van der Waals surface area contributed by atoms with Crippen LogP contribution in [0.15, 0.2) is 0 Å². The summed E-state index contributed by atoms with van der Waals surface area (Å²) in [5.41, 5.74) is 0.352. The molecule has 1 atom stereocenters. The number of hydrogen-bond donors (Lipinski definition) is 1. The number of hydrogen-bond acceptors (Lipinski definition) is 3. The van der Waals surface area contributed by atoms with E-state index in [1.54, 1.807) is 0 Å². The van der Waals surface area contributed by atoms with Gasteiger partial charge in [0.2, 0.25) is 0 Å². The van der Waals surface area contributed by atoms with Gasteiger partial charge < -0.3 is 10.2 Å². The molecule has 3 heteroatoms. The predicted octanol–water partition coefficient (Wildman–Crippen LogP) is 1.40. The van der Waals surface area contributed by atoms with E-state index in [4.69, 9.17) is 0 Å². The third kappa shape index (κ3) is 3.67. The largest absolute Gasteiger partial charge is 0.310 e. The molecule has 17 heavy (non-hydrogen) atoms. The second-order valence-corrected chi connectivity index (χ2v) is 6.86. The molecule has 2 saturated heterocycles. The molecule has 2 heterocycles. The quantitative estimate of drug-likeness (QED) is 0.803. The fraction of sp³-hybridized carbons (Fsp3) is 1.00. The molecule has 0 radical (unpaired) electrons. The van der Waals surface area contributed by atoms with E-state index < -0.39 is 0 Å². The Bertz CT molecular complexity index is 242. The smallest absolute Gasteiger partial charge is 0.0238 e. The van der Waals surface area contributed by atoms with Crippen LogP contribution in [-0.4, -0.2) is 61.7 Å². The highest BCUT2D eigenvalue weighted by molar-refractivity contribution is 4.95. The molecule has 0 spiro atoms. The first-order valence-electron chi connectivity index (χ1n) is 7.10. The summed E-state index contributed by atoms with van der Waals surface area (Å²) in [4.78, 5) is 5.05. The van der Waals surface area contributed by atoms with Crippen molar-refractivity contribution in [3.05, 3.63) is 0 Å². The van der Waals surface area contributed by atoms with Gasteiger partial charge in [-0.05, 0) is 66.2 Å². The van der Waals surface area contributed by atoms with Gasteiger partial charge in [-0.25, -0.2) is 0 Å². The topological polar surface area (TPSA) is 18.5 Å². The first kappa shape index (κ1) is 13.3. The van der Waals surface area contributed by atoms with Crippen molar-refractivity contribution in [1.29, 1.82) is 0 Å². The van der Waals surface area contributed by atoms with Gasteiger partial charge in [0.15, 0.2) is 0 Å². The van der Waals surface area contributed by atoms with Gasteiger partial charge in [0.25, 0.3) is 0 Å². The van der Waals surface area contributed by atoms with Gasteiger partial charge in [-0.15, -0.1) is 0 Å². The Morgan fingerprint density at radius 1 is 1.24 bits per heavy atom. The zero-order chi connectivity index (χ0) is 12.5. The highest BCUT2D eigenvalue weighted by atomic mass is 15.2. The Labute approximate surface area is 107 Å². The van der Waals surface area contributed by atoms with E-state index in [0.29, 0.717) is 5.54 Å². The average molecular weight is 239 g/mol. The molecule has 1 unspecified atom stereocenters. The molecule has 0 amide bonds. The van der Waals surface area contributed by atoms with E-state index in [1.807, 2.05) is 0 Å². The van der Waals surface area contributed by atoms with Crippen LogP contribution < -0.4 is 5.32 Å². The summed E-state index contributed by atoms with van der Waals surface area (Å²) in [5.74, 6) is 0.920. The Morgan fingerprint density at radius 3 is 2.35 bits per heavy atom. The van der Waals surface area contributed by atoms with Gasteiger partial charge in [0.05, 0.1) is 0 Å². The molecule has 2 aliphatic heterocycles. The van der Waals surface area contributed by atoms with E-state index in [2.05, 4.69) is 43.1 Å². The average Bonchev–Trinajstić information content (AvgIpc) is 2.59.